The second kappa shape index (κ2) is 6.02. The fourth-order valence-electron chi connectivity index (χ4n) is 1.92. The first-order valence-electron chi connectivity index (χ1n) is 6.36. The molecule has 0 aliphatic carbocycles. The lowest BCUT2D eigenvalue weighted by Gasteiger charge is -2.32. The summed E-state index contributed by atoms with van der Waals surface area (Å²) >= 11 is 0. The number of hydrogen-bond acceptors (Lipinski definition) is 5. The van der Waals surface area contributed by atoms with Gasteiger partial charge in [-0.1, -0.05) is 6.07 Å². The highest BCUT2D eigenvalue weighted by atomic mass is 16.5. The van der Waals surface area contributed by atoms with Crippen LogP contribution in [0, 0.1) is 0 Å². The average molecular weight is 252 g/mol. The van der Waals surface area contributed by atoms with E-state index in [1.165, 1.54) is 0 Å². The summed E-state index contributed by atoms with van der Waals surface area (Å²) in [6, 6.07) is 5.57. The Morgan fingerprint density at radius 2 is 2.22 bits per heavy atom. The molecular weight excluding hydrogens is 232 g/mol. The molecule has 1 aromatic heterocycles. The van der Waals surface area contributed by atoms with Crippen molar-refractivity contribution in [2.24, 2.45) is 0 Å². The van der Waals surface area contributed by atoms with Crippen LogP contribution in [-0.2, 0) is 4.74 Å². The molecule has 0 spiro atoms. The molecule has 2 rings (SSSR count). The number of ether oxygens (including phenoxy) is 2. The normalized spacial score (nSPS) is 18.3. The molecule has 1 saturated heterocycles. The van der Waals surface area contributed by atoms with E-state index in [-0.39, 0.29) is 0 Å². The minimum Gasteiger partial charge on any atom is -0.478 e. The number of rotatable bonds is 5. The highest BCUT2D eigenvalue weighted by molar-refractivity contribution is 5.37. The standard InChI is InChI=1S/C13H20N2O3/c1-2-18-12-5-3-4-11(15-12)14-10-13(16)6-8-17-9-7-13/h3-5,16H,2,6-10H2,1H3,(H,14,15). The van der Waals surface area contributed by atoms with Crippen LogP contribution in [0.15, 0.2) is 18.2 Å². The van der Waals surface area contributed by atoms with E-state index in [9.17, 15) is 5.11 Å². The number of pyridine rings is 1. The predicted molar refractivity (Wildman–Crippen MR) is 68.9 cm³/mol. The molecule has 2 heterocycles. The van der Waals surface area contributed by atoms with Gasteiger partial charge in [-0.3, -0.25) is 0 Å². The molecule has 5 nitrogen and oxygen atoms in total. The van der Waals surface area contributed by atoms with Gasteiger partial charge in [-0.25, -0.2) is 0 Å². The van der Waals surface area contributed by atoms with Gasteiger partial charge < -0.3 is 19.9 Å². The van der Waals surface area contributed by atoms with Crippen LogP contribution in [-0.4, -0.2) is 42.1 Å². The molecule has 18 heavy (non-hydrogen) atoms. The summed E-state index contributed by atoms with van der Waals surface area (Å²) in [6.45, 7) is 4.23. The summed E-state index contributed by atoms with van der Waals surface area (Å²) in [5.74, 6) is 1.32. The molecule has 0 radical (unpaired) electrons. The van der Waals surface area contributed by atoms with Crippen LogP contribution in [0.1, 0.15) is 19.8 Å². The second-order valence-electron chi connectivity index (χ2n) is 4.48. The smallest absolute Gasteiger partial charge is 0.215 e. The summed E-state index contributed by atoms with van der Waals surface area (Å²) in [6.07, 6.45) is 1.32. The predicted octanol–water partition coefficient (Wildman–Crippen LogP) is 1.43. The molecule has 0 aromatic carbocycles. The number of anilines is 1. The van der Waals surface area contributed by atoms with Crippen LogP contribution in [0.3, 0.4) is 0 Å². The SMILES string of the molecule is CCOc1cccc(NCC2(O)CCOCC2)n1. The molecule has 1 fully saturated rings. The molecule has 0 bridgehead atoms. The molecule has 2 N–H and O–H groups in total. The van der Waals surface area contributed by atoms with E-state index in [1.54, 1.807) is 0 Å². The molecule has 0 unspecified atom stereocenters. The van der Waals surface area contributed by atoms with E-state index in [1.807, 2.05) is 25.1 Å². The monoisotopic (exact) mass is 252 g/mol. The number of nitrogens with one attached hydrogen (secondary N) is 1. The van der Waals surface area contributed by atoms with Crippen molar-refractivity contribution >= 4 is 5.82 Å². The first-order valence-corrected chi connectivity index (χ1v) is 6.36. The second-order valence-corrected chi connectivity index (χ2v) is 4.48. The average Bonchev–Trinajstić information content (AvgIpc) is 2.38. The zero-order valence-electron chi connectivity index (χ0n) is 10.7. The van der Waals surface area contributed by atoms with Gasteiger partial charge >= 0.3 is 0 Å². The van der Waals surface area contributed by atoms with Crippen molar-refractivity contribution in [3.05, 3.63) is 18.2 Å². The topological polar surface area (TPSA) is 63.6 Å². The molecule has 0 saturated carbocycles. The molecule has 1 aliphatic rings. The van der Waals surface area contributed by atoms with Gasteiger partial charge in [0.15, 0.2) is 0 Å². The Kier molecular flexibility index (Phi) is 4.38. The maximum absolute atomic E-state index is 10.3. The largest absolute Gasteiger partial charge is 0.478 e. The minimum absolute atomic E-state index is 0.485. The minimum atomic E-state index is -0.693. The van der Waals surface area contributed by atoms with Gasteiger partial charge in [0.1, 0.15) is 5.82 Å². The number of hydrogen-bond donors (Lipinski definition) is 2. The lowest BCUT2D eigenvalue weighted by molar-refractivity contribution is -0.0543. The first-order chi connectivity index (χ1) is 8.72. The molecule has 0 amide bonds. The molecule has 1 aromatic rings. The summed E-state index contributed by atoms with van der Waals surface area (Å²) in [7, 11) is 0. The van der Waals surface area contributed by atoms with E-state index >= 15 is 0 Å². The number of nitrogens with zero attached hydrogens (tertiary/aromatic N) is 1. The Balaban J connectivity index is 1.90. The highest BCUT2D eigenvalue weighted by Gasteiger charge is 2.29. The Labute approximate surface area is 107 Å². The third kappa shape index (κ3) is 3.58. The van der Waals surface area contributed by atoms with Crippen LogP contribution in [0.25, 0.3) is 0 Å². The van der Waals surface area contributed by atoms with Gasteiger partial charge in [0.2, 0.25) is 5.88 Å². The Hall–Kier alpha value is -1.33. The third-order valence-corrected chi connectivity index (χ3v) is 3.04. The van der Waals surface area contributed by atoms with Gasteiger partial charge in [-0.05, 0) is 13.0 Å². The van der Waals surface area contributed by atoms with Gasteiger partial charge in [0.05, 0.1) is 12.2 Å². The van der Waals surface area contributed by atoms with E-state index in [0.29, 0.717) is 45.1 Å². The van der Waals surface area contributed by atoms with Gasteiger partial charge in [-0.2, -0.15) is 4.98 Å². The summed E-state index contributed by atoms with van der Waals surface area (Å²) in [4.78, 5) is 4.30. The van der Waals surface area contributed by atoms with Crippen molar-refractivity contribution in [1.82, 2.24) is 4.98 Å². The summed E-state index contributed by atoms with van der Waals surface area (Å²) < 4.78 is 10.6. The zero-order chi connectivity index (χ0) is 12.8. The van der Waals surface area contributed by atoms with E-state index in [0.717, 1.165) is 5.82 Å². The number of aliphatic hydroxyl groups is 1. The molecule has 1 aliphatic heterocycles. The van der Waals surface area contributed by atoms with Crippen molar-refractivity contribution in [2.45, 2.75) is 25.4 Å². The quantitative estimate of drug-likeness (QED) is 0.830. The molecular formula is C13H20N2O3. The Bertz CT molecular complexity index is 378. The molecule has 0 atom stereocenters. The van der Waals surface area contributed by atoms with Crippen molar-refractivity contribution in [2.75, 3.05) is 31.7 Å². The zero-order valence-corrected chi connectivity index (χ0v) is 10.7. The van der Waals surface area contributed by atoms with Crippen LogP contribution in [0.2, 0.25) is 0 Å². The summed E-state index contributed by atoms with van der Waals surface area (Å²) in [5.41, 5.74) is -0.693. The van der Waals surface area contributed by atoms with Crippen molar-refractivity contribution in [3.63, 3.8) is 0 Å². The maximum atomic E-state index is 10.3. The third-order valence-electron chi connectivity index (χ3n) is 3.04. The summed E-state index contributed by atoms with van der Waals surface area (Å²) in [5, 5.41) is 13.5. The van der Waals surface area contributed by atoms with Crippen LogP contribution < -0.4 is 10.1 Å². The van der Waals surface area contributed by atoms with Gasteiger partial charge in [-0.15, -0.1) is 0 Å². The van der Waals surface area contributed by atoms with E-state index in [4.69, 9.17) is 9.47 Å². The Morgan fingerprint density at radius 3 is 2.94 bits per heavy atom. The fourth-order valence-corrected chi connectivity index (χ4v) is 1.92. The fraction of sp³-hybridized carbons (Fsp3) is 0.615. The van der Waals surface area contributed by atoms with Gasteiger partial charge in [0, 0.05) is 38.7 Å². The van der Waals surface area contributed by atoms with Crippen molar-refractivity contribution in [1.29, 1.82) is 0 Å². The van der Waals surface area contributed by atoms with Crippen LogP contribution in [0.4, 0.5) is 5.82 Å². The lowest BCUT2D eigenvalue weighted by Crippen LogP contribution is -2.42. The maximum Gasteiger partial charge on any atom is 0.215 e. The van der Waals surface area contributed by atoms with Gasteiger partial charge in [0.25, 0.3) is 0 Å². The van der Waals surface area contributed by atoms with Crippen molar-refractivity contribution in [3.8, 4) is 5.88 Å². The lowest BCUT2D eigenvalue weighted by atomic mass is 9.94. The van der Waals surface area contributed by atoms with Crippen LogP contribution in [0.5, 0.6) is 5.88 Å². The highest BCUT2D eigenvalue weighted by Crippen LogP contribution is 2.21. The van der Waals surface area contributed by atoms with Crippen molar-refractivity contribution < 1.29 is 14.6 Å². The van der Waals surface area contributed by atoms with E-state index in [2.05, 4.69) is 10.3 Å². The van der Waals surface area contributed by atoms with E-state index < -0.39 is 5.60 Å². The van der Waals surface area contributed by atoms with Crippen LogP contribution >= 0.6 is 0 Å². The molecule has 5 heteroatoms. The Morgan fingerprint density at radius 1 is 1.44 bits per heavy atom. The number of aromatic nitrogens is 1. The first kappa shape index (κ1) is 13.1. The molecule has 100 valence electrons.